The standard InChI is InChI=1S/C19H27N3O/c1-5-21-8-10-22(11-9-21)12-17-15(4)20-18-14(3)13(2)6-7-16(18)19(17)23/h6-7H,5,8-12H2,1-4H3,(H,20,23)/p+2. The van der Waals surface area contributed by atoms with E-state index in [1.54, 1.807) is 9.80 Å². The third-order valence-electron chi connectivity index (χ3n) is 5.61. The number of quaternary nitrogens is 2. The summed E-state index contributed by atoms with van der Waals surface area (Å²) in [6, 6.07) is 4.04. The number of aryl methyl sites for hydroxylation is 3. The van der Waals surface area contributed by atoms with Crippen molar-refractivity contribution in [1.29, 1.82) is 0 Å². The molecule has 124 valence electrons. The number of aromatic nitrogens is 1. The van der Waals surface area contributed by atoms with Crippen molar-refractivity contribution < 1.29 is 9.80 Å². The Morgan fingerprint density at radius 1 is 1.04 bits per heavy atom. The summed E-state index contributed by atoms with van der Waals surface area (Å²) in [7, 11) is 0. The van der Waals surface area contributed by atoms with E-state index in [1.807, 2.05) is 13.0 Å². The first-order valence-corrected chi connectivity index (χ1v) is 8.80. The lowest BCUT2D eigenvalue weighted by Gasteiger charge is -2.29. The van der Waals surface area contributed by atoms with Crippen molar-refractivity contribution in [1.82, 2.24) is 4.98 Å². The molecule has 4 nitrogen and oxygen atoms in total. The largest absolute Gasteiger partial charge is 0.358 e. The summed E-state index contributed by atoms with van der Waals surface area (Å²) >= 11 is 0. The van der Waals surface area contributed by atoms with Crippen LogP contribution < -0.4 is 15.2 Å². The average Bonchev–Trinajstić information content (AvgIpc) is 2.56. The lowest BCUT2D eigenvalue weighted by atomic mass is 10.0. The van der Waals surface area contributed by atoms with Crippen molar-refractivity contribution >= 4 is 10.9 Å². The minimum atomic E-state index is 0.220. The lowest BCUT2D eigenvalue weighted by molar-refractivity contribution is -1.02. The fraction of sp³-hybridized carbons (Fsp3) is 0.526. The number of nitrogens with one attached hydrogen (secondary N) is 3. The van der Waals surface area contributed by atoms with Gasteiger partial charge in [0.1, 0.15) is 32.7 Å². The van der Waals surface area contributed by atoms with Gasteiger partial charge in [-0.1, -0.05) is 6.07 Å². The quantitative estimate of drug-likeness (QED) is 0.719. The summed E-state index contributed by atoms with van der Waals surface area (Å²) in [5, 5.41) is 0.839. The molecule has 0 aliphatic carbocycles. The second-order valence-corrected chi connectivity index (χ2v) is 7.02. The van der Waals surface area contributed by atoms with Gasteiger partial charge in [0.05, 0.1) is 17.6 Å². The highest BCUT2D eigenvalue weighted by Gasteiger charge is 2.24. The van der Waals surface area contributed by atoms with E-state index in [0.717, 1.165) is 41.8 Å². The van der Waals surface area contributed by atoms with Gasteiger partial charge in [0, 0.05) is 11.1 Å². The van der Waals surface area contributed by atoms with Crippen LogP contribution in [0, 0.1) is 20.8 Å². The summed E-state index contributed by atoms with van der Waals surface area (Å²) in [6.45, 7) is 15.3. The molecule has 0 bridgehead atoms. The zero-order valence-electron chi connectivity index (χ0n) is 14.8. The lowest BCUT2D eigenvalue weighted by Crippen LogP contribution is -3.27. The molecule has 1 aromatic carbocycles. The van der Waals surface area contributed by atoms with Crippen LogP contribution in [0.2, 0.25) is 0 Å². The van der Waals surface area contributed by atoms with E-state index < -0.39 is 0 Å². The van der Waals surface area contributed by atoms with Crippen LogP contribution in [-0.4, -0.2) is 37.7 Å². The second kappa shape index (κ2) is 6.46. The number of piperazine rings is 1. The van der Waals surface area contributed by atoms with Gasteiger partial charge in [0.25, 0.3) is 0 Å². The highest BCUT2D eigenvalue weighted by Crippen LogP contribution is 2.18. The molecule has 0 amide bonds. The first kappa shape index (κ1) is 16.2. The first-order valence-electron chi connectivity index (χ1n) is 8.80. The van der Waals surface area contributed by atoms with E-state index >= 15 is 0 Å². The molecule has 4 heteroatoms. The second-order valence-electron chi connectivity index (χ2n) is 7.02. The van der Waals surface area contributed by atoms with Crippen molar-refractivity contribution in [3.63, 3.8) is 0 Å². The molecule has 0 saturated carbocycles. The molecule has 0 unspecified atom stereocenters. The molecular formula is C19H29N3O+2. The van der Waals surface area contributed by atoms with Crippen molar-refractivity contribution in [2.75, 3.05) is 32.7 Å². The fourth-order valence-corrected chi connectivity index (χ4v) is 3.71. The molecule has 1 saturated heterocycles. The minimum Gasteiger partial charge on any atom is -0.358 e. The van der Waals surface area contributed by atoms with Crippen molar-refractivity contribution in [2.24, 2.45) is 0 Å². The van der Waals surface area contributed by atoms with Crippen molar-refractivity contribution in [3.8, 4) is 0 Å². The maximum atomic E-state index is 13.0. The number of benzene rings is 1. The van der Waals surface area contributed by atoms with Crippen LogP contribution in [-0.2, 0) is 6.54 Å². The van der Waals surface area contributed by atoms with Crippen molar-refractivity contribution in [2.45, 2.75) is 34.2 Å². The maximum absolute atomic E-state index is 13.0. The summed E-state index contributed by atoms with van der Waals surface area (Å²) in [5.41, 5.74) is 5.64. The smallest absolute Gasteiger partial charge is 0.198 e. The Balaban J connectivity index is 1.93. The van der Waals surface area contributed by atoms with Crippen molar-refractivity contribution in [3.05, 3.63) is 44.7 Å². The maximum Gasteiger partial charge on any atom is 0.198 e. The molecule has 2 aromatic rings. The van der Waals surface area contributed by atoms with E-state index in [0.29, 0.717) is 0 Å². The van der Waals surface area contributed by atoms with Gasteiger partial charge in [-0.25, -0.2) is 0 Å². The number of H-pyrrole nitrogens is 1. The average molecular weight is 315 g/mol. The Morgan fingerprint density at radius 3 is 2.35 bits per heavy atom. The monoisotopic (exact) mass is 315 g/mol. The van der Waals surface area contributed by atoms with E-state index in [-0.39, 0.29) is 5.43 Å². The molecule has 1 aliphatic rings. The molecule has 23 heavy (non-hydrogen) atoms. The molecule has 1 fully saturated rings. The van der Waals surface area contributed by atoms with E-state index in [2.05, 4.69) is 31.8 Å². The summed E-state index contributed by atoms with van der Waals surface area (Å²) in [5.74, 6) is 0. The van der Waals surface area contributed by atoms with Crippen LogP contribution in [0.5, 0.6) is 0 Å². The summed E-state index contributed by atoms with van der Waals surface area (Å²) in [4.78, 5) is 19.7. The Morgan fingerprint density at radius 2 is 1.70 bits per heavy atom. The highest BCUT2D eigenvalue weighted by atomic mass is 16.1. The predicted molar refractivity (Wildman–Crippen MR) is 94.4 cm³/mol. The van der Waals surface area contributed by atoms with Crippen LogP contribution in [0.3, 0.4) is 0 Å². The minimum absolute atomic E-state index is 0.220. The molecule has 1 aliphatic heterocycles. The topological polar surface area (TPSA) is 41.7 Å². The number of hydrogen-bond acceptors (Lipinski definition) is 1. The van der Waals surface area contributed by atoms with Crippen LogP contribution in [0.1, 0.15) is 29.3 Å². The number of likely N-dealkylation sites (N-methyl/N-ethyl adjacent to an activating group) is 1. The molecule has 3 rings (SSSR count). The van der Waals surface area contributed by atoms with Gasteiger partial charge in [0.2, 0.25) is 0 Å². The zero-order valence-corrected chi connectivity index (χ0v) is 14.8. The van der Waals surface area contributed by atoms with Gasteiger partial charge in [0.15, 0.2) is 5.43 Å². The Kier molecular flexibility index (Phi) is 4.55. The summed E-state index contributed by atoms with van der Waals surface area (Å²) in [6.07, 6.45) is 0. The number of aromatic amines is 1. The molecule has 2 heterocycles. The molecular weight excluding hydrogens is 286 g/mol. The third kappa shape index (κ3) is 3.06. The number of pyridine rings is 1. The van der Waals surface area contributed by atoms with Crippen LogP contribution in [0.15, 0.2) is 16.9 Å². The normalized spacial score (nSPS) is 21.7. The van der Waals surface area contributed by atoms with Crippen LogP contribution >= 0.6 is 0 Å². The molecule has 0 radical (unpaired) electrons. The molecule has 1 aromatic heterocycles. The predicted octanol–water partition coefficient (Wildman–Crippen LogP) is -0.243. The fourth-order valence-electron chi connectivity index (χ4n) is 3.71. The van der Waals surface area contributed by atoms with Gasteiger partial charge >= 0.3 is 0 Å². The molecule has 0 atom stereocenters. The van der Waals surface area contributed by atoms with Gasteiger partial charge in [-0.15, -0.1) is 0 Å². The van der Waals surface area contributed by atoms with Crippen LogP contribution in [0.4, 0.5) is 0 Å². The zero-order chi connectivity index (χ0) is 16.6. The Hall–Kier alpha value is -1.65. The van der Waals surface area contributed by atoms with Gasteiger partial charge in [-0.3, -0.25) is 4.79 Å². The van der Waals surface area contributed by atoms with Gasteiger partial charge in [-0.2, -0.15) is 0 Å². The number of rotatable bonds is 3. The highest BCUT2D eigenvalue weighted by molar-refractivity contribution is 5.83. The molecule has 3 N–H and O–H groups in total. The van der Waals surface area contributed by atoms with Gasteiger partial charge in [-0.05, 0) is 44.9 Å². The van der Waals surface area contributed by atoms with E-state index in [4.69, 9.17) is 0 Å². The Bertz CT molecular complexity index is 770. The van der Waals surface area contributed by atoms with Gasteiger partial charge < -0.3 is 14.8 Å². The molecule has 0 spiro atoms. The summed E-state index contributed by atoms with van der Waals surface area (Å²) < 4.78 is 0. The van der Waals surface area contributed by atoms with E-state index in [9.17, 15) is 4.79 Å². The number of fused-ring (bicyclic) bond motifs is 1. The number of hydrogen-bond donors (Lipinski definition) is 3. The third-order valence-corrected chi connectivity index (χ3v) is 5.61. The Labute approximate surface area is 138 Å². The first-order chi connectivity index (χ1) is 11.0. The van der Waals surface area contributed by atoms with E-state index in [1.165, 1.54) is 30.8 Å². The SMILES string of the molecule is CC[NH+]1CC[NH+](Cc2c(C)[nH]c3c(C)c(C)ccc3c2=O)CC1. The van der Waals surface area contributed by atoms with Crippen LogP contribution in [0.25, 0.3) is 10.9 Å².